The number of nitrogens with zero attached hydrogens (tertiary/aromatic N) is 2. The summed E-state index contributed by atoms with van der Waals surface area (Å²) in [7, 11) is 1.70. The number of fused-ring (bicyclic) bond motifs is 2. The van der Waals surface area contributed by atoms with E-state index in [1.807, 2.05) is 12.1 Å². The maximum absolute atomic E-state index is 6.15. The van der Waals surface area contributed by atoms with Crippen LogP contribution in [0.15, 0.2) is 66.7 Å². The lowest BCUT2D eigenvalue weighted by Gasteiger charge is -2.31. The fourth-order valence-corrected chi connectivity index (χ4v) is 4.86. The molecule has 0 N–H and O–H groups in total. The van der Waals surface area contributed by atoms with Gasteiger partial charge in [-0.05, 0) is 67.9 Å². The molecule has 3 aromatic carbocycles. The van der Waals surface area contributed by atoms with Crippen molar-refractivity contribution in [1.29, 1.82) is 0 Å². The fourth-order valence-electron chi connectivity index (χ4n) is 4.86. The molecule has 2 aliphatic heterocycles. The highest BCUT2D eigenvalue weighted by Gasteiger charge is 2.19. The summed E-state index contributed by atoms with van der Waals surface area (Å²) in [6.45, 7) is 10.5. The average molecular weight is 503 g/mol. The number of hydrogen-bond acceptors (Lipinski definition) is 5. The number of anilines is 1. The summed E-state index contributed by atoms with van der Waals surface area (Å²) in [5.41, 5.74) is 4.76. The lowest BCUT2D eigenvalue weighted by Crippen LogP contribution is -2.33. The molecule has 2 heterocycles. The van der Waals surface area contributed by atoms with Crippen molar-refractivity contribution in [2.24, 2.45) is 0 Å². The zero-order valence-corrected chi connectivity index (χ0v) is 22.7. The summed E-state index contributed by atoms with van der Waals surface area (Å²) in [4.78, 5) is 4.93. The van der Waals surface area contributed by atoms with Crippen LogP contribution in [-0.2, 0) is 19.7 Å². The Morgan fingerprint density at radius 1 is 0.838 bits per heavy atom. The average Bonchev–Trinajstić information content (AvgIpc) is 2.93. The van der Waals surface area contributed by atoms with Gasteiger partial charge in [-0.3, -0.25) is 4.90 Å². The monoisotopic (exact) mass is 502 g/mol. The second-order valence-electron chi connectivity index (χ2n) is 9.85. The van der Waals surface area contributed by atoms with Crippen molar-refractivity contribution < 1.29 is 14.2 Å². The van der Waals surface area contributed by atoms with Crippen LogP contribution in [0.3, 0.4) is 0 Å². The highest BCUT2D eigenvalue weighted by molar-refractivity contribution is 5.58. The molecular formula is C32H42N2O3. The minimum atomic E-state index is 0.518. The highest BCUT2D eigenvalue weighted by atomic mass is 16.5. The van der Waals surface area contributed by atoms with Gasteiger partial charge >= 0.3 is 0 Å². The largest absolute Gasteiger partial charge is 0.497 e. The van der Waals surface area contributed by atoms with E-state index in [1.165, 1.54) is 55.6 Å². The zero-order chi connectivity index (χ0) is 25.9. The Kier molecular flexibility index (Phi) is 10.1. The summed E-state index contributed by atoms with van der Waals surface area (Å²) in [5.74, 6) is 2.73. The van der Waals surface area contributed by atoms with Crippen LogP contribution in [0.1, 0.15) is 56.2 Å². The van der Waals surface area contributed by atoms with Gasteiger partial charge in [0, 0.05) is 36.4 Å². The third-order valence-electron chi connectivity index (χ3n) is 6.77. The Bertz CT molecular complexity index is 1090. The predicted molar refractivity (Wildman–Crippen MR) is 152 cm³/mol. The normalized spacial score (nSPS) is 15.2. The molecule has 0 radical (unpaired) electrons. The lowest BCUT2D eigenvalue weighted by atomic mass is 10.1. The smallest absolute Gasteiger partial charge is 0.124 e. The minimum absolute atomic E-state index is 0.518. The van der Waals surface area contributed by atoms with Crippen LogP contribution in [0.5, 0.6) is 17.2 Å². The first-order valence-corrected chi connectivity index (χ1v) is 13.8. The molecule has 5 rings (SSSR count). The molecular weight excluding hydrogens is 460 g/mol. The third kappa shape index (κ3) is 7.65. The molecule has 0 bridgehead atoms. The molecule has 3 aromatic rings. The number of methoxy groups -OCH3 is 1. The van der Waals surface area contributed by atoms with Crippen molar-refractivity contribution in [3.8, 4) is 17.2 Å². The molecule has 37 heavy (non-hydrogen) atoms. The summed E-state index contributed by atoms with van der Waals surface area (Å²) in [6, 6.07) is 23.1. The SMILES string of the molecule is CCC.COc1ccc2c(c1)COc1ccccc1CN2Cc1ccc(OCCN2CCCCC2)cc1. The van der Waals surface area contributed by atoms with Gasteiger partial charge in [0.15, 0.2) is 0 Å². The molecule has 5 nitrogen and oxygen atoms in total. The summed E-state index contributed by atoms with van der Waals surface area (Å²) in [6.07, 6.45) is 5.25. The molecule has 0 atom stereocenters. The Labute approximate surface area is 223 Å². The number of ether oxygens (including phenoxy) is 3. The summed E-state index contributed by atoms with van der Waals surface area (Å²) in [5, 5.41) is 0. The van der Waals surface area contributed by atoms with Crippen LogP contribution in [0.25, 0.3) is 0 Å². The van der Waals surface area contributed by atoms with E-state index in [0.29, 0.717) is 6.61 Å². The van der Waals surface area contributed by atoms with Gasteiger partial charge in [0.1, 0.15) is 30.5 Å². The maximum Gasteiger partial charge on any atom is 0.124 e. The van der Waals surface area contributed by atoms with Crippen molar-refractivity contribution in [3.05, 3.63) is 83.4 Å². The van der Waals surface area contributed by atoms with Gasteiger partial charge in [0.05, 0.1) is 7.11 Å². The van der Waals surface area contributed by atoms with Crippen LogP contribution in [0, 0.1) is 0 Å². The zero-order valence-electron chi connectivity index (χ0n) is 22.7. The van der Waals surface area contributed by atoms with Crippen molar-refractivity contribution in [3.63, 3.8) is 0 Å². The van der Waals surface area contributed by atoms with E-state index in [0.717, 1.165) is 49.1 Å². The van der Waals surface area contributed by atoms with Crippen LogP contribution in [-0.4, -0.2) is 38.3 Å². The predicted octanol–water partition coefficient (Wildman–Crippen LogP) is 7.08. The molecule has 0 spiro atoms. The standard InChI is InChI=1S/C29H34N2O3.C3H8/c1-32-27-13-14-28-25(19-27)22-34-29-8-4-3-7-24(29)21-31(28)20-23-9-11-26(12-10-23)33-18-17-30-15-5-2-6-16-30;1-3-2/h3-4,7-14,19H,2,5-6,15-18,20-22H2,1H3;3H2,1-2H3. The van der Waals surface area contributed by atoms with Crippen LogP contribution in [0.4, 0.5) is 5.69 Å². The van der Waals surface area contributed by atoms with Crippen molar-refractivity contribution in [2.75, 3.05) is 38.3 Å². The van der Waals surface area contributed by atoms with Crippen molar-refractivity contribution >= 4 is 5.69 Å². The van der Waals surface area contributed by atoms with Crippen LogP contribution < -0.4 is 19.1 Å². The molecule has 5 heteroatoms. The number of rotatable bonds is 7. The summed E-state index contributed by atoms with van der Waals surface area (Å²) < 4.78 is 17.6. The van der Waals surface area contributed by atoms with E-state index in [1.54, 1.807) is 7.11 Å². The molecule has 0 aromatic heterocycles. The molecule has 0 saturated carbocycles. The van der Waals surface area contributed by atoms with Crippen LogP contribution in [0.2, 0.25) is 0 Å². The van der Waals surface area contributed by atoms with Gasteiger partial charge in [0.2, 0.25) is 0 Å². The van der Waals surface area contributed by atoms with Gasteiger partial charge in [-0.1, -0.05) is 57.0 Å². The van der Waals surface area contributed by atoms with E-state index >= 15 is 0 Å². The molecule has 1 fully saturated rings. The quantitative estimate of drug-likeness (QED) is 0.345. The Morgan fingerprint density at radius 3 is 2.32 bits per heavy atom. The van der Waals surface area contributed by atoms with Gasteiger partial charge in [-0.15, -0.1) is 0 Å². The minimum Gasteiger partial charge on any atom is -0.497 e. The number of likely N-dealkylation sites (tertiary alicyclic amines) is 1. The molecule has 2 aliphatic rings. The van der Waals surface area contributed by atoms with E-state index in [-0.39, 0.29) is 0 Å². The van der Waals surface area contributed by atoms with Crippen LogP contribution >= 0.6 is 0 Å². The van der Waals surface area contributed by atoms with Gasteiger partial charge in [0.25, 0.3) is 0 Å². The Balaban J connectivity index is 0.00000102. The molecule has 0 aliphatic carbocycles. The number of para-hydroxylation sites is 1. The number of piperidine rings is 1. The first-order chi connectivity index (χ1) is 18.2. The molecule has 1 saturated heterocycles. The van der Waals surface area contributed by atoms with E-state index < -0.39 is 0 Å². The van der Waals surface area contributed by atoms with Gasteiger partial charge < -0.3 is 19.1 Å². The van der Waals surface area contributed by atoms with E-state index in [9.17, 15) is 0 Å². The van der Waals surface area contributed by atoms with Crippen molar-refractivity contribution in [2.45, 2.75) is 59.2 Å². The Hall–Kier alpha value is -3.18. The van der Waals surface area contributed by atoms with Gasteiger partial charge in [-0.2, -0.15) is 0 Å². The highest BCUT2D eigenvalue weighted by Crippen LogP contribution is 2.34. The number of hydrogen-bond donors (Lipinski definition) is 0. The van der Waals surface area contributed by atoms with Gasteiger partial charge in [-0.25, -0.2) is 0 Å². The topological polar surface area (TPSA) is 34.2 Å². The van der Waals surface area contributed by atoms with Crippen molar-refractivity contribution in [1.82, 2.24) is 4.90 Å². The fraction of sp³-hybridized carbons (Fsp3) is 0.438. The van der Waals surface area contributed by atoms with E-state index in [2.05, 4.69) is 78.2 Å². The second-order valence-corrected chi connectivity index (χ2v) is 9.85. The molecule has 0 unspecified atom stereocenters. The maximum atomic E-state index is 6.15. The lowest BCUT2D eigenvalue weighted by molar-refractivity contribution is 0.183. The second kappa shape index (κ2) is 13.9. The third-order valence-corrected chi connectivity index (χ3v) is 6.77. The van der Waals surface area contributed by atoms with E-state index in [4.69, 9.17) is 14.2 Å². The summed E-state index contributed by atoms with van der Waals surface area (Å²) >= 11 is 0. The number of benzene rings is 3. The molecule has 198 valence electrons. The first-order valence-electron chi connectivity index (χ1n) is 13.8. The molecule has 0 amide bonds. The Morgan fingerprint density at radius 2 is 1.57 bits per heavy atom. The first kappa shape index (κ1) is 26.9.